The average molecular weight is 541 g/mol. The topological polar surface area (TPSA) is 87.7 Å². The van der Waals surface area contributed by atoms with Gasteiger partial charge in [-0.1, -0.05) is 55.7 Å². The van der Waals surface area contributed by atoms with Crippen LogP contribution in [0.4, 0.5) is 0 Å². The first-order valence-corrected chi connectivity index (χ1v) is 15.4. The summed E-state index contributed by atoms with van der Waals surface area (Å²) in [6.07, 6.45) is 10.5. The molecule has 0 heterocycles. The van der Waals surface area contributed by atoms with E-state index in [1.165, 1.54) is 32.1 Å². The zero-order valence-corrected chi connectivity index (χ0v) is 23.9. The Morgan fingerprint density at radius 1 is 1.08 bits per heavy atom. The van der Waals surface area contributed by atoms with Gasteiger partial charge in [-0.15, -0.1) is 0 Å². The number of carbonyl (C=O) groups is 2. The molecule has 1 fully saturated rings. The summed E-state index contributed by atoms with van der Waals surface area (Å²) in [5.74, 6) is -0.692. The van der Waals surface area contributed by atoms with Gasteiger partial charge in [-0.3, -0.25) is 4.79 Å². The number of hydrogen-bond donors (Lipinski definition) is 3. The fourth-order valence-corrected chi connectivity index (χ4v) is 5.66. The van der Waals surface area contributed by atoms with Crippen molar-refractivity contribution in [2.24, 2.45) is 0 Å². The molecule has 0 saturated heterocycles. The first kappa shape index (κ1) is 30.2. The highest BCUT2D eigenvalue weighted by molar-refractivity contribution is 7.98. The van der Waals surface area contributed by atoms with Crippen LogP contribution in [0.15, 0.2) is 42.5 Å². The van der Waals surface area contributed by atoms with Gasteiger partial charge in [-0.2, -0.15) is 11.8 Å². The molecule has 0 spiro atoms. The van der Waals surface area contributed by atoms with Crippen molar-refractivity contribution in [2.45, 2.75) is 83.3 Å². The summed E-state index contributed by atoms with van der Waals surface area (Å²) in [5.41, 5.74) is 4.56. The Bertz CT molecular complexity index is 1040. The van der Waals surface area contributed by atoms with Crippen LogP contribution in [0, 0.1) is 6.92 Å². The van der Waals surface area contributed by atoms with Crippen molar-refractivity contribution in [2.75, 3.05) is 25.2 Å². The molecule has 2 aromatic carbocycles. The molecule has 1 unspecified atom stereocenters. The molecule has 3 N–H and O–H groups in total. The maximum Gasteiger partial charge on any atom is 0.326 e. The van der Waals surface area contributed by atoms with Crippen molar-refractivity contribution in [1.82, 2.24) is 10.6 Å². The largest absolute Gasteiger partial charge is 0.480 e. The Labute approximate surface area is 232 Å². The Morgan fingerprint density at radius 3 is 2.53 bits per heavy atom. The highest BCUT2D eigenvalue weighted by Crippen LogP contribution is 2.29. The minimum Gasteiger partial charge on any atom is -0.480 e. The zero-order valence-electron chi connectivity index (χ0n) is 23.1. The molecule has 0 bridgehead atoms. The normalized spacial score (nSPS) is 15.7. The quantitative estimate of drug-likeness (QED) is 0.262. The maximum absolute atomic E-state index is 13.3. The number of benzene rings is 2. The van der Waals surface area contributed by atoms with Crippen molar-refractivity contribution in [1.29, 1.82) is 0 Å². The molecular formula is C31H44N2O4S. The summed E-state index contributed by atoms with van der Waals surface area (Å²) in [6, 6.07) is 13.9. The molecule has 0 aliphatic heterocycles. The minimum atomic E-state index is -1.01. The maximum atomic E-state index is 13.3. The number of ether oxygens (including phenoxy) is 1. The molecule has 1 saturated carbocycles. The van der Waals surface area contributed by atoms with E-state index in [0.717, 1.165) is 35.1 Å². The third-order valence-electron chi connectivity index (χ3n) is 7.36. The lowest BCUT2D eigenvalue weighted by atomic mass is 9.91. The summed E-state index contributed by atoms with van der Waals surface area (Å²) in [7, 11) is 0. The standard InChI is InChI=1S/C31H44N2O4S/c1-4-37-21-25(32-24-11-6-5-7-12-24)16-14-23-15-17-27(28(20-23)26-13-9-8-10-22(26)2)30(34)33-29(31(35)36)18-19-38-3/h8-10,13,15,17,20,24-25,29,32H,4-7,11-12,14,16,18-19,21H2,1-3H3,(H,33,34)(H,35,36)/t25?,29-/m0/s1. The molecule has 1 aliphatic carbocycles. The molecule has 3 rings (SSSR count). The van der Waals surface area contributed by atoms with E-state index in [9.17, 15) is 14.7 Å². The summed E-state index contributed by atoms with van der Waals surface area (Å²) < 4.78 is 5.80. The molecule has 38 heavy (non-hydrogen) atoms. The van der Waals surface area contributed by atoms with Crippen LogP contribution >= 0.6 is 11.8 Å². The number of rotatable bonds is 15. The minimum absolute atomic E-state index is 0.288. The molecule has 208 valence electrons. The van der Waals surface area contributed by atoms with Gasteiger partial charge in [-0.25, -0.2) is 4.79 Å². The third kappa shape index (κ3) is 9.14. The van der Waals surface area contributed by atoms with Crippen molar-refractivity contribution in [3.05, 3.63) is 59.2 Å². The highest BCUT2D eigenvalue weighted by atomic mass is 32.2. The van der Waals surface area contributed by atoms with Crippen molar-refractivity contribution < 1.29 is 19.4 Å². The van der Waals surface area contributed by atoms with Crippen LogP contribution in [-0.4, -0.2) is 60.3 Å². The van der Waals surface area contributed by atoms with Crippen molar-refractivity contribution in [3.8, 4) is 11.1 Å². The van der Waals surface area contributed by atoms with E-state index in [2.05, 4.69) is 16.7 Å². The summed E-state index contributed by atoms with van der Waals surface area (Å²) in [5, 5.41) is 16.2. The van der Waals surface area contributed by atoms with E-state index in [4.69, 9.17) is 4.74 Å². The van der Waals surface area contributed by atoms with E-state index >= 15 is 0 Å². The SMILES string of the molecule is CCOCC(CCc1ccc(C(=O)N[C@@H](CCSC)C(=O)O)c(-c2ccccc2C)c1)NC1CCCCC1. The second-order valence-electron chi connectivity index (χ2n) is 10.2. The lowest BCUT2D eigenvalue weighted by Crippen LogP contribution is -2.42. The van der Waals surface area contributed by atoms with Crippen LogP contribution in [0.3, 0.4) is 0 Å². The first-order chi connectivity index (χ1) is 18.4. The molecule has 0 radical (unpaired) electrons. The van der Waals surface area contributed by atoms with Gasteiger partial charge in [0.05, 0.1) is 6.61 Å². The lowest BCUT2D eigenvalue weighted by molar-refractivity contribution is -0.139. The van der Waals surface area contributed by atoms with Crippen LogP contribution < -0.4 is 10.6 Å². The Hall–Kier alpha value is -2.35. The summed E-state index contributed by atoms with van der Waals surface area (Å²) >= 11 is 1.57. The van der Waals surface area contributed by atoms with E-state index in [1.807, 2.05) is 56.5 Å². The van der Waals surface area contributed by atoms with Crippen LogP contribution in [0.25, 0.3) is 11.1 Å². The summed E-state index contributed by atoms with van der Waals surface area (Å²) in [4.78, 5) is 25.1. The number of carboxylic acid groups (broad SMARTS) is 1. The number of aryl methyl sites for hydroxylation is 2. The Balaban J connectivity index is 1.82. The molecule has 0 aromatic heterocycles. The van der Waals surface area contributed by atoms with Gasteiger partial charge < -0.3 is 20.5 Å². The van der Waals surface area contributed by atoms with Crippen molar-refractivity contribution >= 4 is 23.6 Å². The number of carbonyl (C=O) groups excluding carboxylic acids is 1. The van der Waals surface area contributed by atoms with E-state index in [0.29, 0.717) is 37.0 Å². The molecule has 7 heteroatoms. The smallest absolute Gasteiger partial charge is 0.326 e. The fraction of sp³-hybridized carbons (Fsp3) is 0.548. The number of carboxylic acids is 1. The Kier molecular flexibility index (Phi) is 12.6. The summed E-state index contributed by atoms with van der Waals surface area (Å²) in [6.45, 7) is 5.48. The second kappa shape index (κ2) is 15.9. The molecule has 2 aromatic rings. The second-order valence-corrected chi connectivity index (χ2v) is 11.2. The van der Waals surface area contributed by atoms with E-state index < -0.39 is 12.0 Å². The molecule has 6 nitrogen and oxygen atoms in total. The molecular weight excluding hydrogens is 496 g/mol. The number of thioether (sulfide) groups is 1. The van der Waals surface area contributed by atoms with E-state index in [-0.39, 0.29) is 11.9 Å². The fourth-order valence-electron chi connectivity index (χ4n) is 5.19. The predicted octanol–water partition coefficient (Wildman–Crippen LogP) is 5.86. The number of nitrogens with one attached hydrogen (secondary N) is 2. The Morgan fingerprint density at radius 2 is 1.84 bits per heavy atom. The average Bonchev–Trinajstić information content (AvgIpc) is 2.93. The zero-order chi connectivity index (χ0) is 27.3. The first-order valence-electron chi connectivity index (χ1n) is 14.0. The van der Waals surface area contributed by atoms with Crippen LogP contribution in [0.5, 0.6) is 0 Å². The number of hydrogen-bond acceptors (Lipinski definition) is 5. The third-order valence-corrected chi connectivity index (χ3v) is 8.00. The van der Waals surface area contributed by atoms with Gasteiger partial charge in [0.1, 0.15) is 6.04 Å². The predicted molar refractivity (Wildman–Crippen MR) is 157 cm³/mol. The van der Waals surface area contributed by atoms with E-state index in [1.54, 1.807) is 11.8 Å². The number of amides is 1. The van der Waals surface area contributed by atoms with Crippen LogP contribution in [0.1, 0.15) is 73.4 Å². The molecule has 1 amide bonds. The van der Waals surface area contributed by atoms with Crippen LogP contribution in [0.2, 0.25) is 0 Å². The molecule has 2 atom stereocenters. The van der Waals surface area contributed by atoms with Gasteiger partial charge in [0.15, 0.2) is 0 Å². The van der Waals surface area contributed by atoms with Gasteiger partial charge in [0.2, 0.25) is 0 Å². The monoisotopic (exact) mass is 540 g/mol. The van der Waals surface area contributed by atoms with Gasteiger partial charge >= 0.3 is 5.97 Å². The highest BCUT2D eigenvalue weighted by Gasteiger charge is 2.23. The van der Waals surface area contributed by atoms with Gasteiger partial charge in [0.25, 0.3) is 5.91 Å². The molecule has 1 aliphatic rings. The van der Waals surface area contributed by atoms with Gasteiger partial charge in [-0.05, 0) is 86.3 Å². The van der Waals surface area contributed by atoms with Gasteiger partial charge in [0, 0.05) is 24.3 Å². The number of aliphatic carboxylic acids is 1. The van der Waals surface area contributed by atoms with Crippen LogP contribution in [-0.2, 0) is 16.0 Å². The van der Waals surface area contributed by atoms with Crippen molar-refractivity contribution in [3.63, 3.8) is 0 Å². The lowest BCUT2D eigenvalue weighted by Gasteiger charge is -2.28.